The third-order valence-corrected chi connectivity index (χ3v) is 4.49. The van der Waals surface area contributed by atoms with E-state index in [1.807, 2.05) is 6.92 Å². The van der Waals surface area contributed by atoms with Gasteiger partial charge in [0.05, 0.1) is 0 Å². The van der Waals surface area contributed by atoms with Crippen molar-refractivity contribution in [1.82, 2.24) is 5.32 Å². The summed E-state index contributed by atoms with van der Waals surface area (Å²) in [6.45, 7) is 8.08. The van der Waals surface area contributed by atoms with Crippen LogP contribution >= 0.6 is 0 Å². The summed E-state index contributed by atoms with van der Waals surface area (Å²) in [7, 11) is 0. The number of hydrogen-bond acceptors (Lipinski definition) is 5. The Labute approximate surface area is 139 Å². The van der Waals surface area contributed by atoms with Gasteiger partial charge in [0, 0.05) is 30.0 Å². The topological polar surface area (TPSA) is 91.3 Å². The molecule has 0 heterocycles. The molecule has 1 rings (SSSR count). The minimum absolute atomic E-state index is 0.0455. The van der Waals surface area contributed by atoms with Crippen molar-refractivity contribution in [2.45, 2.75) is 53.4 Å². The number of carbonyl (C=O) groups is 1. The minimum Gasteiger partial charge on any atom is -0.405 e. The van der Waals surface area contributed by atoms with E-state index in [-0.39, 0.29) is 17.1 Å². The first-order chi connectivity index (χ1) is 10.9. The van der Waals surface area contributed by atoms with Gasteiger partial charge in [0.25, 0.3) is 0 Å². The van der Waals surface area contributed by atoms with E-state index in [0.29, 0.717) is 23.7 Å². The second kappa shape index (κ2) is 8.65. The summed E-state index contributed by atoms with van der Waals surface area (Å²) in [5, 5.41) is 11.3. The molecule has 0 amide bonds. The van der Waals surface area contributed by atoms with E-state index in [9.17, 15) is 4.79 Å². The molecule has 0 aliphatic heterocycles. The van der Waals surface area contributed by atoms with Crippen molar-refractivity contribution in [3.8, 4) is 0 Å². The van der Waals surface area contributed by atoms with Crippen molar-refractivity contribution in [2.24, 2.45) is 22.1 Å². The Morgan fingerprint density at radius 2 is 2.09 bits per heavy atom. The molecule has 23 heavy (non-hydrogen) atoms. The molecule has 1 fully saturated rings. The smallest absolute Gasteiger partial charge is 0.134 e. The highest BCUT2D eigenvalue weighted by atomic mass is 16.1. The van der Waals surface area contributed by atoms with Crippen LogP contribution in [0.15, 0.2) is 28.7 Å². The highest BCUT2D eigenvalue weighted by Gasteiger charge is 2.50. The number of hydrogen-bond donors (Lipinski definition) is 3. The third kappa shape index (κ3) is 5.05. The molecule has 5 nitrogen and oxygen atoms in total. The third-order valence-electron chi connectivity index (χ3n) is 4.49. The number of Topliss-reactive ketones (excluding diaryl/α,β-unsaturated/α-hetero) is 1. The van der Waals surface area contributed by atoms with Gasteiger partial charge >= 0.3 is 0 Å². The van der Waals surface area contributed by atoms with Crippen molar-refractivity contribution in [3.05, 3.63) is 23.7 Å². The lowest BCUT2D eigenvalue weighted by atomic mass is 9.82. The number of allylic oxidation sites excluding steroid dienone is 2. The largest absolute Gasteiger partial charge is 0.405 e. The molecule has 128 valence electrons. The number of nitrogens with two attached hydrogens (primary N) is 1. The molecule has 1 atom stereocenters. The lowest BCUT2D eigenvalue weighted by molar-refractivity contribution is -0.123. The number of aliphatic imine (C=N–C) groups is 1. The zero-order valence-corrected chi connectivity index (χ0v) is 14.8. The number of carbonyl (C=O) groups excluding carboxylic acids is 1. The summed E-state index contributed by atoms with van der Waals surface area (Å²) in [5.41, 5.74) is 6.61. The number of rotatable bonds is 10. The van der Waals surface area contributed by atoms with Crippen molar-refractivity contribution in [3.63, 3.8) is 0 Å². The van der Waals surface area contributed by atoms with Gasteiger partial charge in [0.1, 0.15) is 11.6 Å². The SMILES string of the molecule is C\C=N/C(NCC1([C@@H](CCC)C(C)=O)CC1)=C(/C=C\N)C(C)=N. The molecule has 0 aromatic heterocycles. The zero-order chi connectivity index (χ0) is 17.5. The molecule has 1 aliphatic rings. The minimum atomic E-state index is 0.0455. The lowest BCUT2D eigenvalue weighted by Crippen LogP contribution is -2.33. The van der Waals surface area contributed by atoms with E-state index in [0.717, 1.165) is 25.7 Å². The van der Waals surface area contributed by atoms with Crippen LogP contribution in [-0.2, 0) is 4.79 Å². The molecule has 0 aromatic carbocycles. The standard InChI is InChI=1S/C18H30N4O/c1-5-7-16(14(4)23)18(9-10-18)12-22-17(21-6-2)15(8-11-19)13(3)20/h6,8,11,16,20,22H,5,7,9-10,12,19H2,1-4H3/b11-8-,17-15+,20-13?,21-6-/t16-/m0/s1. The molecule has 0 saturated heterocycles. The van der Waals surface area contributed by atoms with Gasteiger partial charge in [0.2, 0.25) is 0 Å². The Bertz CT molecular complexity index is 527. The summed E-state index contributed by atoms with van der Waals surface area (Å²) in [6.07, 6.45) is 8.89. The maximum atomic E-state index is 12.0. The normalized spacial score (nSPS) is 18.8. The van der Waals surface area contributed by atoms with Gasteiger partial charge < -0.3 is 16.5 Å². The van der Waals surface area contributed by atoms with Crippen LogP contribution in [0.3, 0.4) is 0 Å². The van der Waals surface area contributed by atoms with Crippen molar-refractivity contribution < 1.29 is 4.79 Å². The first kappa shape index (κ1) is 19.1. The molecular formula is C18H30N4O. The molecule has 0 bridgehead atoms. The van der Waals surface area contributed by atoms with Crippen LogP contribution in [0.5, 0.6) is 0 Å². The van der Waals surface area contributed by atoms with Gasteiger partial charge in [-0.25, -0.2) is 4.99 Å². The number of ketones is 1. The van der Waals surface area contributed by atoms with Crippen LogP contribution in [-0.4, -0.2) is 24.3 Å². The van der Waals surface area contributed by atoms with Crippen LogP contribution in [0.2, 0.25) is 0 Å². The van der Waals surface area contributed by atoms with E-state index in [1.165, 1.54) is 6.20 Å². The van der Waals surface area contributed by atoms with Gasteiger partial charge in [-0.05, 0) is 57.7 Å². The van der Waals surface area contributed by atoms with Crippen molar-refractivity contribution in [2.75, 3.05) is 6.54 Å². The van der Waals surface area contributed by atoms with E-state index in [1.54, 1.807) is 26.1 Å². The summed E-state index contributed by atoms with van der Waals surface area (Å²) < 4.78 is 0. The second-order valence-electron chi connectivity index (χ2n) is 6.30. The van der Waals surface area contributed by atoms with E-state index < -0.39 is 0 Å². The Morgan fingerprint density at radius 1 is 1.43 bits per heavy atom. The quantitative estimate of drug-likeness (QED) is 0.427. The Hall–Kier alpha value is -1.91. The van der Waals surface area contributed by atoms with Crippen LogP contribution < -0.4 is 11.1 Å². The Balaban J connectivity index is 2.97. The van der Waals surface area contributed by atoms with Crippen LogP contribution in [0.1, 0.15) is 53.4 Å². The van der Waals surface area contributed by atoms with Gasteiger partial charge in [0.15, 0.2) is 0 Å². The van der Waals surface area contributed by atoms with Crippen LogP contribution in [0.4, 0.5) is 0 Å². The fourth-order valence-corrected chi connectivity index (χ4v) is 3.12. The maximum absolute atomic E-state index is 12.0. The van der Waals surface area contributed by atoms with Gasteiger partial charge in [-0.15, -0.1) is 0 Å². The van der Waals surface area contributed by atoms with E-state index in [4.69, 9.17) is 11.1 Å². The molecule has 0 aromatic rings. The first-order valence-corrected chi connectivity index (χ1v) is 8.33. The monoisotopic (exact) mass is 318 g/mol. The first-order valence-electron chi connectivity index (χ1n) is 8.33. The van der Waals surface area contributed by atoms with Gasteiger partial charge in [-0.1, -0.05) is 13.3 Å². The lowest BCUT2D eigenvalue weighted by Gasteiger charge is -2.26. The van der Waals surface area contributed by atoms with Crippen LogP contribution in [0.25, 0.3) is 0 Å². The molecule has 4 N–H and O–H groups in total. The predicted octanol–water partition coefficient (Wildman–Crippen LogP) is 3.18. The summed E-state index contributed by atoms with van der Waals surface area (Å²) in [4.78, 5) is 16.4. The number of nitrogens with zero attached hydrogens (tertiary/aromatic N) is 1. The predicted molar refractivity (Wildman–Crippen MR) is 96.7 cm³/mol. The van der Waals surface area contributed by atoms with Gasteiger partial charge in [-0.3, -0.25) is 4.79 Å². The van der Waals surface area contributed by atoms with Crippen LogP contribution in [0, 0.1) is 16.7 Å². The molecule has 0 radical (unpaired) electrons. The van der Waals surface area contributed by atoms with Gasteiger partial charge in [-0.2, -0.15) is 0 Å². The summed E-state index contributed by atoms with van der Waals surface area (Å²) in [5.74, 6) is 1.04. The molecule has 0 unspecified atom stereocenters. The zero-order valence-electron chi connectivity index (χ0n) is 14.8. The molecule has 5 heteroatoms. The fraction of sp³-hybridized carbons (Fsp3) is 0.611. The Kier molecular flexibility index (Phi) is 7.20. The summed E-state index contributed by atoms with van der Waals surface area (Å²) in [6, 6.07) is 0. The average Bonchev–Trinajstić information content (AvgIpc) is 3.27. The maximum Gasteiger partial charge on any atom is 0.134 e. The Morgan fingerprint density at radius 3 is 2.48 bits per heavy atom. The van der Waals surface area contributed by atoms with E-state index in [2.05, 4.69) is 17.2 Å². The number of nitrogens with one attached hydrogen (secondary N) is 2. The van der Waals surface area contributed by atoms with Crippen molar-refractivity contribution in [1.29, 1.82) is 5.41 Å². The van der Waals surface area contributed by atoms with E-state index >= 15 is 0 Å². The highest BCUT2D eigenvalue weighted by molar-refractivity contribution is 5.99. The molecular weight excluding hydrogens is 288 g/mol. The van der Waals surface area contributed by atoms with Crippen molar-refractivity contribution >= 4 is 17.7 Å². The molecule has 1 saturated carbocycles. The molecule has 0 spiro atoms. The molecule has 1 aliphatic carbocycles. The second-order valence-corrected chi connectivity index (χ2v) is 6.30. The fourth-order valence-electron chi connectivity index (χ4n) is 3.12. The highest BCUT2D eigenvalue weighted by Crippen LogP contribution is 2.53. The average molecular weight is 318 g/mol. The summed E-state index contributed by atoms with van der Waals surface area (Å²) >= 11 is 0.